The summed E-state index contributed by atoms with van der Waals surface area (Å²) >= 11 is 0. The summed E-state index contributed by atoms with van der Waals surface area (Å²) in [6.07, 6.45) is 1.63. The van der Waals surface area contributed by atoms with E-state index in [9.17, 15) is 9.90 Å². The summed E-state index contributed by atoms with van der Waals surface area (Å²) in [5.41, 5.74) is -0.0481. The summed E-state index contributed by atoms with van der Waals surface area (Å²) in [5, 5.41) is 17.8. The molecule has 15 heavy (non-hydrogen) atoms. The van der Waals surface area contributed by atoms with Gasteiger partial charge in [-0.05, 0) is 6.42 Å². The van der Waals surface area contributed by atoms with E-state index >= 15 is 0 Å². The maximum absolute atomic E-state index is 11.6. The Kier molecular flexibility index (Phi) is 4.26. The minimum Gasteiger partial charge on any atom is -0.493 e. The number of nitrogens with zero attached hydrogens (tertiary/aromatic N) is 2. The third-order valence-corrected chi connectivity index (χ3v) is 1.93. The highest BCUT2D eigenvalue weighted by Gasteiger charge is 2.08. The summed E-state index contributed by atoms with van der Waals surface area (Å²) < 4.78 is 6.22. The van der Waals surface area contributed by atoms with Crippen molar-refractivity contribution in [1.29, 1.82) is 0 Å². The fraction of sp³-hybridized carbons (Fsp3) is 0.556. The lowest BCUT2D eigenvalue weighted by Gasteiger charge is -2.07. The van der Waals surface area contributed by atoms with Crippen LogP contribution < -0.4 is 5.56 Å². The predicted octanol–water partition coefficient (Wildman–Crippen LogP) is -0.522. The SMILES string of the molecule is CCc1c(O)ncn(COCCO)c1=O. The van der Waals surface area contributed by atoms with Gasteiger partial charge in [0.15, 0.2) is 0 Å². The predicted molar refractivity (Wildman–Crippen MR) is 52.6 cm³/mol. The van der Waals surface area contributed by atoms with E-state index in [4.69, 9.17) is 9.84 Å². The molecule has 1 aromatic heterocycles. The molecule has 0 fully saturated rings. The smallest absolute Gasteiger partial charge is 0.262 e. The fourth-order valence-electron chi connectivity index (χ4n) is 1.15. The normalized spacial score (nSPS) is 10.5. The van der Waals surface area contributed by atoms with Crippen molar-refractivity contribution in [2.45, 2.75) is 20.1 Å². The van der Waals surface area contributed by atoms with Crippen LogP contribution in [0.2, 0.25) is 0 Å². The average molecular weight is 214 g/mol. The zero-order valence-corrected chi connectivity index (χ0v) is 8.51. The molecule has 0 aromatic carbocycles. The van der Waals surface area contributed by atoms with E-state index in [1.165, 1.54) is 10.9 Å². The molecular weight excluding hydrogens is 200 g/mol. The van der Waals surface area contributed by atoms with Crippen molar-refractivity contribution in [1.82, 2.24) is 9.55 Å². The van der Waals surface area contributed by atoms with Crippen LogP contribution in [0.15, 0.2) is 11.1 Å². The summed E-state index contributed by atoms with van der Waals surface area (Å²) in [6, 6.07) is 0. The minimum absolute atomic E-state index is 0.0275. The Morgan fingerprint density at radius 3 is 2.93 bits per heavy atom. The molecule has 6 nitrogen and oxygen atoms in total. The van der Waals surface area contributed by atoms with Gasteiger partial charge in [0.05, 0.1) is 18.8 Å². The Bertz CT molecular complexity index is 375. The monoisotopic (exact) mass is 214 g/mol. The van der Waals surface area contributed by atoms with Crippen LogP contribution in [0.1, 0.15) is 12.5 Å². The van der Waals surface area contributed by atoms with E-state index in [1.807, 2.05) is 0 Å². The first-order valence-corrected chi connectivity index (χ1v) is 4.66. The lowest BCUT2D eigenvalue weighted by molar-refractivity contribution is 0.0455. The largest absolute Gasteiger partial charge is 0.493 e. The first-order chi connectivity index (χ1) is 7.20. The highest BCUT2D eigenvalue weighted by Crippen LogP contribution is 2.07. The van der Waals surface area contributed by atoms with Crippen molar-refractivity contribution < 1.29 is 14.9 Å². The second kappa shape index (κ2) is 5.47. The summed E-state index contributed by atoms with van der Waals surface area (Å²) in [5.74, 6) is -0.235. The third-order valence-electron chi connectivity index (χ3n) is 1.93. The van der Waals surface area contributed by atoms with Gasteiger partial charge in [0.1, 0.15) is 13.1 Å². The van der Waals surface area contributed by atoms with Gasteiger partial charge in [0.25, 0.3) is 5.56 Å². The molecule has 0 unspecified atom stereocenters. The number of aromatic nitrogens is 2. The minimum atomic E-state index is -0.317. The fourth-order valence-corrected chi connectivity index (χ4v) is 1.15. The van der Waals surface area contributed by atoms with Crippen molar-refractivity contribution in [2.75, 3.05) is 13.2 Å². The van der Waals surface area contributed by atoms with Gasteiger partial charge in [-0.1, -0.05) is 6.92 Å². The van der Waals surface area contributed by atoms with Gasteiger partial charge in [-0.3, -0.25) is 9.36 Å². The van der Waals surface area contributed by atoms with Crippen molar-refractivity contribution >= 4 is 0 Å². The molecule has 0 aliphatic carbocycles. The van der Waals surface area contributed by atoms with Crippen molar-refractivity contribution in [3.63, 3.8) is 0 Å². The van der Waals surface area contributed by atoms with Gasteiger partial charge in [-0.15, -0.1) is 0 Å². The van der Waals surface area contributed by atoms with Gasteiger partial charge < -0.3 is 14.9 Å². The highest BCUT2D eigenvalue weighted by atomic mass is 16.5. The maximum atomic E-state index is 11.6. The molecule has 1 rings (SSSR count). The van der Waals surface area contributed by atoms with E-state index in [2.05, 4.69) is 4.98 Å². The molecule has 0 spiro atoms. The highest BCUT2D eigenvalue weighted by molar-refractivity contribution is 5.20. The maximum Gasteiger partial charge on any atom is 0.262 e. The zero-order valence-electron chi connectivity index (χ0n) is 8.51. The number of hydrogen-bond donors (Lipinski definition) is 2. The van der Waals surface area contributed by atoms with Gasteiger partial charge in [0, 0.05) is 0 Å². The first-order valence-electron chi connectivity index (χ1n) is 4.66. The van der Waals surface area contributed by atoms with E-state index in [0.717, 1.165) is 0 Å². The van der Waals surface area contributed by atoms with Crippen LogP contribution in [-0.2, 0) is 17.9 Å². The van der Waals surface area contributed by atoms with E-state index in [-0.39, 0.29) is 36.9 Å². The molecular formula is C9H14N2O4. The molecule has 84 valence electrons. The standard InChI is InChI=1S/C9H14N2O4/c1-2-7-8(13)10-5-11(9(7)14)6-15-4-3-12/h5,12-13H,2-4,6H2,1H3. The Balaban J connectivity index is 2.86. The summed E-state index contributed by atoms with van der Waals surface area (Å²) in [4.78, 5) is 15.3. The molecule has 6 heteroatoms. The molecule has 0 bridgehead atoms. The topological polar surface area (TPSA) is 84.6 Å². The van der Waals surface area contributed by atoms with Gasteiger partial charge >= 0.3 is 0 Å². The van der Waals surface area contributed by atoms with Crippen molar-refractivity contribution in [2.24, 2.45) is 0 Å². The molecule has 0 aliphatic rings. The van der Waals surface area contributed by atoms with Gasteiger partial charge in [-0.2, -0.15) is 0 Å². The van der Waals surface area contributed by atoms with Crippen molar-refractivity contribution in [3.05, 3.63) is 22.2 Å². The molecule has 0 radical (unpaired) electrons. The van der Waals surface area contributed by atoms with E-state index < -0.39 is 0 Å². The van der Waals surface area contributed by atoms with Crippen LogP contribution in [0.4, 0.5) is 0 Å². The number of rotatable bonds is 5. The Hall–Kier alpha value is -1.40. The van der Waals surface area contributed by atoms with Crippen LogP contribution in [0, 0.1) is 0 Å². The van der Waals surface area contributed by atoms with Crippen LogP contribution in [-0.4, -0.2) is 33.0 Å². The van der Waals surface area contributed by atoms with Crippen LogP contribution in [0.5, 0.6) is 5.88 Å². The average Bonchev–Trinajstić information content (AvgIpc) is 2.22. The quantitative estimate of drug-likeness (QED) is 0.644. The lowest BCUT2D eigenvalue weighted by atomic mass is 10.2. The molecule has 0 amide bonds. The molecule has 1 aromatic rings. The van der Waals surface area contributed by atoms with E-state index in [1.54, 1.807) is 6.92 Å². The summed E-state index contributed by atoms with van der Waals surface area (Å²) in [6.45, 7) is 1.85. The second-order valence-electron chi connectivity index (χ2n) is 2.94. The summed E-state index contributed by atoms with van der Waals surface area (Å²) in [7, 11) is 0. The Morgan fingerprint density at radius 1 is 1.60 bits per heavy atom. The molecule has 1 heterocycles. The van der Waals surface area contributed by atoms with Crippen LogP contribution in [0.3, 0.4) is 0 Å². The third kappa shape index (κ3) is 2.77. The molecule has 0 saturated heterocycles. The molecule has 0 atom stereocenters. The second-order valence-corrected chi connectivity index (χ2v) is 2.94. The van der Waals surface area contributed by atoms with Crippen molar-refractivity contribution in [3.8, 4) is 5.88 Å². The number of hydrogen-bond acceptors (Lipinski definition) is 5. The molecule has 0 aliphatic heterocycles. The number of aliphatic hydroxyl groups excluding tert-OH is 1. The first kappa shape index (κ1) is 11.7. The van der Waals surface area contributed by atoms with Crippen LogP contribution >= 0.6 is 0 Å². The Morgan fingerprint density at radius 2 is 2.33 bits per heavy atom. The van der Waals surface area contributed by atoms with E-state index in [0.29, 0.717) is 6.42 Å². The van der Waals surface area contributed by atoms with Gasteiger partial charge in [-0.25, -0.2) is 4.98 Å². The van der Waals surface area contributed by atoms with Crippen LogP contribution in [0.25, 0.3) is 0 Å². The number of ether oxygens (including phenoxy) is 1. The molecule has 2 N–H and O–H groups in total. The van der Waals surface area contributed by atoms with Gasteiger partial charge in [0.2, 0.25) is 5.88 Å². The lowest BCUT2D eigenvalue weighted by Crippen LogP contribution is -2.25. The molecule has 0 saturated carbocycles. The number of aromatic hydroxyl groups is 1. The number of aliphatic hydroxyl groups is 1. The zero-order chi connectivity index (χ0) is 11.3. The Labute approximate surface area is 86.8 Å².